The van der Waals surface area contributed by atoms with Gasteiger partial charge in [-0.25, -0.2) is 0 Å². The van der Waals surface area contributed by atoms with Crippen LogP contribution in [0, 0.1) is 0 Å². The highest BCUT2D eigenvalue weighted by Crippen LogP contribution is 2.25. The summed E-state index contributed by atoms with van der Waals surface area (Å²) in [6.45, 7) is 10.9. The fraction of sp³-hybridized carbons (Fsp3) is 1.00. The van der Waals surface area contributed by atoms with Gasteiger partial charge in [-0.15, -0.1) is 0 Å². The van der Waals surface area contributed by atoms with Gasteiger partial charge in [-0.3, -0.25) is 4.90 Å². The molecule has 2 rings (SSSR count). The third-order valence-corrected chi connectivity index (χ3v) is 3.90. The van der Waals surface area contributed by atoms with Crippen molar-refractivity contribution < 1.29 is 4.74 Å². The third kappa shape index (κ3) is 4.23. The maximum absolute atomic E-state index is 5.42. The number of hydrogen-bond acceptors (Lipinski definition) is 3. The monoisotopic (exact) mass is 240 g/mol. The highest BCUT2D eigenvalue weighted by molar-refractivity contribution is 4.86. The Labute approximate surface area is 106 Å². The van der Waals surface area contributed by atoms with E-state index in [0.29, 0.717) is 0 Å². The first-order chi connectivity index (χ1) is 8.04. The summed E-state index contributed by atoms with van der Waals surface area (Å²) in [4.78, 5) is 2.64. The van der Waals surface area contributed by atoms with Gasteiger partial charge in [-0.05, 0) is 46.5 Å². The molecule has 1 saturated heterocycles. The lowest BCUT2D eigenvalue weighted by Gasteiger charge is -2.40. The zero-order valence-corrected chi connectivity index (χ0v) is 11.7. The van der Waals surface area contributed by atoms with Crippen molar-refractivity contribution >= 4 is 0 Å². The molecule has 1 aliphatic carbocycles. The van der Waals surface area contributed by atoms with Crippen LogP contribution in [0.25, 0.3) is 0 Å². The Bertz CT molecular complexity index is 223. The number of rotatable bonds is 2. The number of nitrogens with zero attached hydrogens (tertiary/aromatic N) is 1. The van der Waals surface area contributed by atoms with Crippen molar-refractivity contribution in [1.82, 2.24) is 10.2 Å². The molecule has 17 heavy (non-hydrogen) atoms. The third-order valence-electron chi connectivity index (χ3n) is 3.90. The van der Waals surface area contributed by atoms with E-state index in [2.05, 4.69) is 31.0 Å². The summed E-state index contributed by atoms with van der Waals surface area (Å²) in [5.41, 5.74) is 0.260. The summed E-state index contributed by atoms with van der Waals surface area (Å²) in [7, 11) is 0. The average molecular weight is 240 g/mol. The minimum Gasteiger partial charge on any atom is -0.379 e. The molecular weight excluding hydrogens is 212 g/mol. The van der Waals surface area contributed by atoms with Gasteiger partial charge in [0.25, 0.3) is 0 Å². The second-order valence-corrected chi connectivity index (χ2v) is 6.55. The van der Waals surface area contributed by atoms with Crippen molar-refractivity contribution in [3.05, 3.63) is 0 Å². The highest BCUT2D eigenvalue weighted by atomic mass is 16.5. The van der Waals surface area contributed by atoms with Crippen LogP contribution in [0.4, 0.5) is 0 Å². The van der Waals surface area contributed by atoms with Crippen LogP contribution in [0.1, 0.15) is 46.5 Å². The van der Waals surface area contributed by atoms with Crippen LogP contribution in [-0.4, -0.2) is 48.8 Å². The van der Waals surface area contributed by atoms with Gasteiger partial charge in [-0.1, -0.05) is 0 Å². The van der Waals surface area contributed by atoms with Crippen LogP contribution in [0.5, 0.6) is 0 Å². The van der Waals surface area contributed by atoms with E-state index in [1.807, 2.05) is 0 Å². The van der Waals surface area contributed by atoms with Gasteiger partial charge in [0.05, 0.1) is 13.2 Å². The first-order valence-corrected chi connectivity index (χ1v) is 7.14. The molecule has 1 N–H and O–H groups in total. The molecule has 3 heteroatoms. The second-order valence-electron chi connectivity index (χ2n) is 6.55. The van der Waals surface area contributed by atoms with Crippen LogP contribution in [0.15, 0.2) is 0 Å². The van der Waals surface area contributed by atoms with Gasteiger partial charge in [0, 0.05) is 30.7 Å². The number of hydrogen-bond donors (Lipinski definition) is 1. The fourth-order valence-electron chi connectivity index (χ4n) is 3.14. The molecule has 3 nitrogen and oxygen atoms in total. The van der Waals surface area contributed by atoms with E-state index in [9.17, 15) is 0 Å². The molecule has 0 bridgehead atoms. The van der Waals surface area contributed by atoms with E-state index >= 15 is 0 Å². The van der Waals surface area contributed by atoms with E-state index in [4.69, 9.17) is 4.74 Å². The first kappa shape index (κ1) is 13.3. The van der Waals surface area contributed by atoms with E-state index in [1.165, 1.54) is 25.7 Å². The minimum absolute atomic E-state index is 0.260. The lowest BCUT2D eigenvalue weighted by Crippen LogP contribution is -2.50. The quantitative estimate of drug-likeness (QED) is 0.799. The van der Waals surface area contributed by atoms with Gasteiger partial charge in [0.1, 0.15) is 0 Å². The summed E-state index contributed by atoms with van der Waals surface area (Å²) in [6.07, 6.45) is 5.38. The van der Waals surface area contributed by atoms with Crippen LogP contribution in [-0.2, 0) is 4.74 Å². The summed E-state index contributed by atoms with van der Waals surface area (Å²) in [6, 6.07) is 1.55. The summed E-state index contributed by atoms with van der Waals surface area (Å²) < 4.78 is 5.42. The smallest absolute Gasteiger partial charge is 0.0594 e. The predicted octanol–water partition coefficient (Wildman–Crippen LogP) is 2.02. The van der Waals surface area contributed by atoms with Crippen LogP contribution < -0.4 is 5.32 Å². The van der Waals surface area contributed by atoms with Gasteiger partial charge in [0.2, 0.25) is 0 Å². The van der Waals surface area contributed by atoms with E-state index < -0.39 is 0 Å². The van der Waals surface area contributed by atoms with E-state index in [1.54, 1.807) is 0 Å². The van der Waals surface area contributed by atoms with Crippen molar-refractivity contribution in [3.8, 4) is 0 Å². The second kappa shape index (κ2) is 5.68. The van der Waals surface area contributed by atoms with Gasteiger partial charge in [-0.2, -0.15) is 0 Å². The first-order valence-electron chi connectivity index (χ1n) is 7.14. The summed E-state index contributed by atoms with van der Waals surface area (Å²) in [5, 5.41) is 3.74. The topological polar surface area (TPSA) is 24.5 Å². The highest BCUT2D eigenvalue weighted by Gasteiger charge is 2.28. The van der Waals surface area contributed by atoms with E-state index in [0.717, 1.165) is 38.4 Å². The molecule has 100 valence electrons. The maximum Gasteiger partial charge on any atom is 0.0594 e. The van der Waals surface area contributed by atoms with Crippen molar-refractivity contribution in [3.63, 3.8) is 0 Å². The van der Waals surface area contributed by atoms with E-state index in [-0.39, 0.29) is 5.54 Å². The molecule has 2 fully saturated rings. The fourth-order valence-corrected chi connectivity index (χ4v) is 3.14. The van der Waals surface area contributed by atoms with Crippen LogP contribution in [0.3, 0.4) is 0 Å². The number of ether oxygens (including phenoxy) is 1. The SMILES string of the molecule is CC(C)(C)NC1CCC(N2CCOCC2)CC1. The van der Waals surface area contributed by atoms with Crippen molar-refractivity contribution in [2.24, 2.45) is 0 Å². The molecule has 0 spiro atoms. The zero-order valence-electron chi connectivity index (χ0n) is 11.7. The van der Waals surface area contributed by atoms with Crippen LogP contribution >= 0.6 is 0 Å². The molecule has 0 atom stereocenters. The Kier molecular flexibility index (Phi) is 4.45. The number of morpholine rings is 1. The maximum atomic E-state index is 5.42. The normalized spacial score (nSPS) is 32.6. The number of nitrogens with one attached hydrogen (secondary N) is 1. The standard InChI is InChI=1S/C14H28N2O/c1-14(2,3)15-12-4-6-13(7-5-12)16-8-10-17-11-9-16/h12-13,15H,4-11H2,1-3H3. The molecule has 0 aromatic carbocycles. The van der Waals surface area contributed by atoms with Gasteiger partial charge >= 0.3 is 0 Å². The van der Waals surface area contributed by atoms with Gasteiger partial charge in [0.15, 0.2) is 0 Å². The molecule has 1 aliphatic heterocycles. The molecular formula is C14H28N2O. The molecule has 1 saturated carbocycles. The summed E-state index contributed by atoms with van der Waals surface area (Å²) >= 11 is 0. The Morgan fingerprint density at radius 3 is 2.12 bits per heavy atom. The lowest BCUT2D eigenvalue weighted by atomic mass is 9.88. The van der Waals surface area contributed by atoms with Gasteiger partial charge < -0.3 is 10.1 Å². The molecule has 0 aromatic rings. The molecule has 2 aliphatic rings. The Balaban J connectivity index is 1.73. The predicted molar refractivity (Wildman–Crippen MR) is 71.3 cm³/mol. The molecule has 0 radical (unpaired) electrons. The van der Waals surface area contributed by atoms with Crippen molar-refractivity contribution in [2.45, 2.75) is 64.1 Å². The van der Waals surface area contributed by atoms with Crippen LogP contribution in [0.2, 0.25) is 0 Å². The zero-order chi connectivity index (χ0) is 12.3. The average Bonchev–Trinajstić information content (AvgIpc) is 2.29. The summed E-state index contributed by atoms with van der Waals surface area (Å²) in [5.74, 6) is 0. The Hall–Kier alpha value is -0.120. The van der Waals surface area contributed by atoms with Crippen molar-refractivity contribution in [1.29, 1.82) is 0 Å². The molecule has 0 unspecified atom stereocenters. The Morgan fingerprint density at radius 2 is 1.59 bits per heavy atom. The molecule has 0 amide bonds. The lowest BCUT2D eigenvalue weighted by molar-refractivity contribution is 0.00594. The molecule has 1 heterocycles. The largest absolute Gasteiger partial charge is 0.379 e. The molecule has 0 aromatic heterocycles. The van der Waals surface area contributed by atoms with Crippen molar-refractivity contribution in [2.75, 3.05) is 26.3 Å². The minimum atomic E-state index is 0.260. The Morgan fingerprint density at radius 1 is 1.00 bits per heavy atom.